The van der Waals surface area contributed by atoms with Gasteiger partial charge in [0, 0.05) is 5.69 Å². The Morgan fingerprint density at radius 2 is 1.02 bits per heavy atom. The van der Waals surface area contributed by atoms with E-state index in [0.29, 0.717) is 5.92 Å². The lowest BCUT2D eigenvalue weighted by Gasteiger charge is -2.45. The topological polar surface area (TPSA) is 3.24 Å². The van der Waals surface area contributed by atoms with Crippen LogP contribution in [0.4, 0.5) is 17.1 Å². The van der Waals surface area contributed by atoms with Gasteiger partial charge in [-0.15, -0.1) is 0 Å². The van der Waals surface area contributed by atoms with Crippen LogP contribution in [0.3, 0.4) is 0 Å². The molecule has 49 heavy (non-hydrogen) atoms. The highest BCUT2D eigenvalue weighted by molar-refractivity contribution is 5.97. The van der Waals surface area contributed by atoms with Crippen LogP contribution < -0.4 is 4.90 Å². The highest BCUT2D eigenvalue weighted by Crippen LogP contribution is 2.64. The van der Waals surface area contributed by atoms with Gasteiger partial charge < -0.3 is 4.90 Å². The molecular formula is C48H35N. The van der Waals surface area contributed by atoms with Gasteiger partial charge >= 0.3 is 0 Å². The van der Waals surface area contributed by atoms with Crippen molar-refractivity contribution in [2.24, 2.45) is 0 Å². The van der Waals surface area contributed by atoms with Crippen molar-refractivity contribution in [1.29, 1.82) is 0 Å². The Hall–Kier alpha value is -5.92. The molecule has 1 atom stereocenters. The van der Waals surface area contributed by atoms with E-state index in [4.69, 9.17) is 0 Å². The molecule has 0 saturated carbocycles. The molecule has 1 heteroatoms. The average Bonchev–Trinajstić information content (AvgIpc) is 3.45. The van der Waals surface area contributed by atoms with Crippen LogP contribution in [0.2, 0.25) is 0 Å². The molecular weight excluding hydrogens is 591 g/mol. The minimum Gasteiger partial charge on any atom is -0.310 e. The van der Waals surface area contributed by atoms with Crippen molar-refractivity contribution in [2.75, 3.05) is 4.90 Å². The summed E-state index contributed by atoms with van der Waals surface area (Å²) in [5, 5.41) is 0. The molecule has 2 aliphatic carbocycles. The van der Waals surface area contributed by atoms with Gasteiger partial charge in [-0.2, -0.15) is 0 Å². The Kier molecular flexibility index (Phi) is 6.20. The number of hydrogen-bond acceptors (Lipinski definition) is 1. The number of rotatable bonds is 3. The smallest absolute Gasteiger partial charge is 0.0754 e. The highest BCUT2D eigenvalue weighted by Gasteiger charge is 2.52. The Balaban J connectivity index is 1.29. The van der Waals surface area contributed by atoms with Gasteiger partial charge in [0.25, 0.3) is 0 Å². The van der Waals surface area contributed by atoms with Crippen LogP contribution in [-0.2, 0) is 5.41 Å². The van der Waals surface area contributed by atoms with Crippen LogP contribution in [0, 0.1) is 0 Å². The van der Waals surface area contributed by atoms with Crippen LogP contribution in [0.15, 0.2) is 170 Å². The number of nitrogens with zero attached hydrogens (tertiary/aromatic N) is 1. The summed E-state index contributed by atoms with van der Waals surface area (Å²) in [5.41, 5.74) is 18.8. The molecule has 1 spiro atoms. The van der Waals surface area contributed by atoms with E-state index in [0.717, 1.165) is 6.42 Å². The monoisotopic (exact) mass is 625 g/mol. The first kappa shape index (κ1) is 28.1. The van der Waals surface area contributed by atoms with Gasteiger partial charge in [-0.3, -0.25) is 0 Å². The van der Waals surface area contributed by atoms with Gasteiger partial charge in [0.2, 0.25) is 0 Å². The standard InChI is InChI=1S/C48H35N/c1-32-13-12-18-37-29-38(25-28-39(32)37)49-46-21-10-8-19-42(46)48(43-20-9-11-22-47(43)49)44-30-35(33-14-4-2-5-15-33)23-26-40(44)41-27-24-36(31-45(41)48)34-16-6-3-7-17-34/h2-12,14-32H,13H2,1H3. The van der Waals surface area contributed by atoms with Gasteiger partial charge in [0.1, 0.15) is 0 Å². The average molecular weight is 626 g/mol. The summed E-state index contributed by atoms with van der Waals surface area (Å²) in [4.78, 5) is 2.50. The molecule has 1 heterocycles. The molecule has 0 radical (unpaired) electrons. The van der Waals surface area contributed by atoms with Crippen LogP contribution in [0.1, 0.15) is 52.6 Å². The molecule has 1 unspecified atom stereocenters. The SMILES string of the molecule is CC1CC=Cc2cc(N3c4ccccc4C4(c5cc(-c6ccccc6)ccc5-c5ccc(-c6ccccc6)cc54)c4ccccc43)ccc21. The largest absolute Gasteiger partial charge is 0.310 e. The van der Waals surface area contributed by atoms with E-state index in [-0.39, 0.29) is 0 Å². The molecule has 232 valence electrons. The fourth-order valence-electron chi connectivity index (χ4n) is 8.87. The first-order chi connectivity index (χ1) is 24.2. The molecule has 10 rings (SSSR count). The summed E-state index contributed by atoms with van der Waals surface area (Å²) in [7, 11) is 0. The molecule has 7 aromatic rings. The number of para-hydroxylation sites is 2. The molecule has 0 aromatic heterocycles. The Bertz CT molecular complexity index is 2300. The zero-order valence-electron chi connectivity index (χ0n) is 27.5. The molecule has 0 bridgehead atoms. The van der Waals surface area contributed by atoms with Crippen molar-refractivity contribution >= 4 is 23.1 Å². The first-order valence-electron chi connectivity index (χ1n) is 17.4. The second kappa shape index (κ2) is 10.8. The lowest BCUT2D eigenvalue weighted by atomic mass is 9.64. The molecule has 0 fully saturated rings. The molecule has 1 aliphatic heterocycles. The number of anilines is 3. The van der Waals surface area contributed by atoms with Crippen molar-refractivity contribution < 1.29 is 0 Å². The number of allylic oxidation sites excluding steroid dienone is 1. The zero-order valence-corrected chi connectivity index (χ0v) is 27.5. The normalized spacial score (nSPS) is 16.0. The maximum absolute atomic E-state index is 2.50. The van der Waals surface area contributed by atoms with Crippen LogP contribution in [0.5, 0.6) is 0 Å². The van der Waals surface area contributed by atoms with Crippen LogP contribution >= 0.6 is 0 Å². The lowest BCUT2D eigenvalue weighted by molar-refractivity contribution is 0.752. The minimum absolute atomic E-state index is 0.507. The second-order valence-electron chi connectivity index (χ2n) is 13.7. The fraction of sp³-hybridized carbons (Fsp3) is 0.0833. The molecule has 7 aromatic carbocycles. The number of benzene rings is 7. The van der Waals surface area contributed by atoms with E-state index in [2.05, 4.69) is 188 Å². The minimum atomic E-state index is -0.507. The van der Waals surface area contributed by atoms with Crippen LogP contribution in [0.25, 0.3) is 39.5 Å². The van der Waals surface area contributed by atoms with Gasteiger partial charge in [0.05, 0.1) is 16.8 Å². The fourth-order valence-corrected chi connectivity index (χ4v) is 8.87. The maximum atomic E-state index is 2.50. The summed E-state index contributed by atoms with van der Waals surface area (Å²) in [6.07, 6.45) is 5.73. The summed E-state index contributed by atoms with van der Waals surface area (Å²) in [5.74, 6) is 0.530. The van der Waals surface area contributed by atoms with Gasteiger partial charge in [-0.25, -0.2) is 0 Å². The number of hydrogen-bond donors (Lipinski definition) is 0. The molecule has 1 nitrogen and oxygen atoms in total. The predicted octanol–water partition coefficient (Wildman–Crippen LogP) is 12.7. The Morgan fingerprint density at radius 3 is 1.59 bits per heavy atom. The van der Waals surface area contributed by atoms with Gasteiger partial charge in [-0.05, 0) is 115 Å². The van der Waals surface area contributed by atoms with E-state index in [1.165, 1.54) is 83.8 Å². The summed E-state index contributed by atoms with van der Waals surface area (Å²) in [6.45, 7) is 2.33. The summed E-state index contributed by atoms with van der Waals surface area (Å²) >= 11 is 0. The zero-order chi connectivity index (χ0) is 32.5. The summed E-state index contributed by atoms with van der Waals surface area (Å²) < 4.78 is 0. The third kappa shape index (κ3) is 4.06. The van der Waals surface area contributed by atoms with E-state index in [1.54, 1.807) is 0 Å². The Labute approximate surface area is 288 Å². The van der Waals surface area contributed by atoms with Crippen molar-refractivity contribution in [1.82, 2.24) is 0 Å². The molecule has 0 amide bonds. The van der Waals surface area contributed by atoms with Crippen molar-refractivity contribution in [3.63, 3.8) is 0 Å². The second-order valence-corrected chi connectivity index (χ2v) is 13.7. The lowest BCUT2D eigenvalue weighted by Crippen LogP contribution is -2.36. The van der Waals surface area contributed by atoms with E-state index < -0.39 is 5.41 Å². The quantitative estimate of drug-likeness (QED) is 0.189. The number of fused-ring (bicyclic) bond motifs is 10. The highest BCUT2D eigenvalue weighted by atomic mass is 15.2. The maximum Gasteiger partial charge on any atom is 0.0754 e. The molecule has 0 N–H and O–H groups in total. The van der Waals surface area contributed by atoms with E-state index >= 15 is 0 Å². The van der Waals surface area contributed by atoms with Crippen molar-refractivity contribution in [3.8, 4) is 33.4 Å². The van der Waals surface area contributed by atoms with Crippen molar-refractivity contribution in [2.45, 2.75) is 24.7 Å². The van der Waals surface area contributed by atoms with Gasteiger partial charge in [0.15, 0.2) is 0 Å². The predicted molar refractivity (Wildman–Crippen MR) is 205 cm³/mol. The van der Waals surface area contributed by atoms with Crippen LogP contribution in [-0.4, -0.2) is 0 Å². The third-order valence-corrected chi connectivity index (χ3v) is 11.1. The first-order valence-corrected chi connectivity index (χ1v) is 17.4. The van der Waals surface area contributed by atoms with E-state index in [1.807, 2.05) is 0 Å². The molecule has 0 saturated heterocycles. The Morgan fingerprint density at radius 1 is 0.490 bits per heavy atom. The molecule has 3 aliphatic rings. The van der Waals surface area contributed by atoms with Crippen molar-refractivity contribution in [3.05, 3.63) is 203 Å². The summed E-state index contributed by atoms with van der Waals surface area (Å²) in [6, 6.07) is 61.2. The van der Waals surface area contributed by atoms with E-state index in [9.17, 15) is 0 Å². The third-order valence-electron chi connectivity index (χ3n) is 11.1. The van der Waals surface area contributed by atoms with Gasteiger partial charge in [-0.1, -0.05) is 146 Å².